The van der Waals surface area contributed by atoms with Crippen LogP contribution in [0, 0.1) is 3.57 Å². The fourth-order valence-electron chi connectivity index (χ4n) is 2.60. The van der Waals surface area contributed by atoms with Crippen LogP contribution in [0.2, 0.25) is 0 Å². The number of ether oxygens (including phenoxy) is 1. The maximum absolute atomic E-state index is 12.1. The highest BCUT2D eigenvalue weighted by atomic mass is 127. The zero-order valence-corrected chi connectivity index (χ0v) is 18.2. The van der Waals surface area contributed by atoms with Crippen LogP contribution in [0.5, 0.6) is 0 Å². The highest BCUT2D eigenvalue weighted by Gasteiger charge is 2.22. The van der Waals surface area contributed by atoms with Crippen LogP contribution in [0.3, 0.4) is 0 Å². The van der Waals surface area contributed by atoms with Gasteiger partial charge in [-0.05, 0) is 39.8 Å². The summed E-state index contributed by atoms with van der Waals surface area (Å²) in [6.45, 7) is -0.114. The molecule has 2 aromatic rings. The summed E-state index contributed by atoms with van der Waals surface area (Å²) in [4.78, 5) is 35.3. The molecule has 0 saturated heterocycles. The second-order valence-corrected chi connectivity index (χ2v) is 7.72. The molecule has 0 aliphatic heterocycles. The Morgan fingerprint density at radius 3 is 2.37 bits per heavy atom. The van der Waals surface area contributed by atoms with Gasteiger partial charge in [-0.15, -0.1) is 0 Å². The first kappa shape index (κ1) is 23.6. The Morgan fingerprint density at radius 2 is 1.70 bits per heavy atom. The molecule has 0 aromatic heterocycles. The molecule has 2 atom stereocenters. The lowest BCUT2D eigenvalue weighted by atomic mass is 10.1. The molecule has 2 amide bonds. The number of carboxylic acids is 1. The van der Waals surface area contributed by atoms with Crippen LogP contribution in [0.25, 0.3) is 0 Å². The van der Waals surface area contributed by atoms with Crippen molar-refractivity contribution in [1.82, 2.24) is 10.6 Å². The molecule has 4 N–H and O–H groups in total. The van der Waals surface area contributed by atoms with Gasteiger partial charge in [-0.1, -0.05) is 48.5 Å². The third kappa shape index (κ3) is 8.37. The zero-order chi connectivity index (χ0) is 21.9. The minimum atomic E-state index is -1.18. The molecule has 0 saturated carbocycles. The van der Waals surface area contributed by atoms with Crippen molar-refractivity contribution in [2.24, 2.45) is 0 Å². The van der Waals surface area contributed by atoms with Gasteiger partial charge in [-0.3, -0.25) is 4.79 Å². The van der Waals surface area contributed by atoms with E-state index in [4.69, 9.17) is 4.74 Å². The molecule has 8 nitrogen and oxygen atoms in total. The molecule has 2 rings (SSSR count). The standard InChI is InChI=1S/C21H23IN2O6/c22-17-9-5-4-8-15(17)10-18(20(27)28)24-19(26)11-16(25)12-23-21(29)30-13-14-6-2-1-3-7-14/h1-9,16,18,25H,10-13H2,(H,23,29)(H,24,26)(H,27,28)/t16-,18+/m1/s1. The van der Waals surface area contributed by atoms with Gasteiger partial charge in [0.05, 0.1) is 12.5 Å². The third-order valence-electron chi connectivity index (χ3n) is 4.13. The minimum Gasteiger partial charge on any atom is -0.480 e. The van der Waals surface area contributed by atoms with Crippen LogP contribution in [-0.2, 0) is 27.4 Å². The van der Waals surface area contributed by atoms with E-state index in [1.165, 1.54) is 0 Å². The number of alkyl carbamates (subject to hydrolysis) is 1. The number of carbonyl (C=O) groups excluding carboxylic acids is 2. The second kappa shape index (κ2) is 12.1. The summed E-state index contributed by atoms with van der Waals surface area (Å²) in [5.74, 6) is -1.79. The smallest absolute Gasteiger partial charge is 0.407 e. The van der Waals surface area contributed by atoms with E-state index < -0.39 is 30.1 Å². The van der Waals surface area contributed by atoms with Crippen molar-refractivity contribution in [2.75, 3.05) is 6.54 Å². The monoisotopic (exact) mass is 526 g/mol. The van der Waals surface area contributed by atoms with Crippen molar-refractivity contribution in [2.45, 2.75) is 31.6 Å². The molecule has 0 aliphatic rings. The van der Waals surface area contributed by atoms with E-state index >= 15 is 0 Å². The number of carboxylic acid groups (broad SMARTS) is 1. The van der Waals surface area contributed by atoms with E-state index in [-0.39, 0.29) is 26.0 Å². The predicted octanol–water partition coefficient (Wildman–Crippen LogP) is 2.08. The Bertz CT molecular complexity index is 862. The topological polar surface area (TPSA) is 125 Å². The summed E-state index contributed by atoms with van der Waals surface area (Å²) in [6.07, 6.45) is -2.13. The Morgan fingerprint density at radius 1 is 1.03 bits per heavy atom. The van der Waals surface area contributed by atoms with Gasteiger partial charge in [0.25, 0.3) is 0 Å². The number of aliphatic carboxylic acids is 1. The highest BCUT2D eigenvalue weighted by Crippen LogP contribution is 2.14. The number of halogens is 1. The molecule has 0 spiro atoms. The lowest BCUT2D eigenvalue weighted by Crippen LogP contribution is -2.44. The van der Waals surface area contributed by atoms with E-state index in [2.05, 4.69) is 33.2 Å². The summed E-state index contributed by atoms with van der Waals surface area (Å²) < 4.78 is 5.91. The van der Waals surface area contributed by atoms with E-state index in [1.807, 2.05) is 42.5 Å². The van der Waals surface area contributed by atoms with E-state index in [0.717, 1.165) is 14.7 Å². The molecule has 0 aliphatic carbocycles. The Labute approximate surface area is 187 Å². The number of hydrogen-bond acceptors (Lipinski definition) is 5. The number of aliphatic hydroxyl groups excluding tert-OH is 1. The number of nitrogens with one attached hydrogen (secondary N) is 2. The van der Waals surface area contributed by atoms with Gasteiger partial charge in [0.15, 0.2) is 0 Å². The molecule has 2 aromatic carbocycles. The van der Waals surface area contributed by atoms with Gasteiger partial charge in [0.2, 0.25) is 5.91 Å². The van der Waals surface area contributed by atoms with Gasteiger partial charge >= 0.3 is 12.1 Å². The maximum Gasteiger partial charge on any atom is 0.407 e. The average Bonchev–Trinajstić information content (AvgIpc) is 2.72. The zero-order valence-electron chi connectivity index (χ0n) is 16.1. The average molecular weight is 526 g/mol. The van der Waals surface area contributed by atoms with Crippen LogP contribution in [0.1, 0.15) is 17.5 Å². The predicted molar refractivity (Wildman–Crippen MR) is 118 cm³/mol. The molecule has 30 heavy (non-hydrogen) atoms. The minimum absolute atomic E-state index is 0.0852. The molecular weight excluding hydrogens is 503 g/mol. The van der Waals surface area contributed by atoms with Crippen LogP contribution in [-0.4, -0.2) is 46.9 Å². The number of hydrogen-bond donors (Lipinski definition) is 4. The molecule has 160 valence electrons. The van der Waals surface area contributed by atoms with Crippen LogP contribution >= 0.6 is 22.6 Å². The summed E-state index contributed by atoms with van der Waals surface area (Å²) >= 11 is 2.10. The number of rotatable bonds is 10. The number of carbonyl (C=O) groups is 3. The van der Waals surface area contributed by atoms with Crippen molar-refractivity contribution >= 4 is 40.6 Å². The lowest BCUT2D eigenvalue weighted by molar-refractivity contribution is -0.142. The summed E-state index contributed by atoms with van der Waals surface area (Å²) in [6, 6.07) is 15.3. The Balaban J connectivity index is 1.74. The molecule has 9 heteroatoms. The van der Waals surface area contributed by atoms with Gasteiger partial charge in [0.1, 0.15) is 12.6 Å². The first-order chi connectivity index (χ1) is 14.3. The number of amides is 2. The molecule has 0 radical (unpaired) electrons. The highest BCUT2D eigenvalue weighted by molar-refractivity contribution is 14.1. The van der Waals surface area contributed by atoms with Crippen molar-refractivity contribution < 1.29 is 29.3 Å². The van der Waals surface area contributed by atoms with Gasteiger partial charge < -0.3 is 25.6 Å². The van der Waals surface area contributed by atoms with E-state index in [0.29, 0.717) is 0 Å². The Kier molecular flexibility index (Phi) is 9.55. The first-order valence-electron chi connectivity index (χ1n) is 9.23. The third-order valence-corrected chi connectivity index (χ3v) is 5.18. The number of aliphatic hydroxyl groups is 1. The van der Waals surface area contributed by atoms with E-state index in [1.54, 1.807) is 12.1 Å². The maximum atomic E-state index is 12.1. The molecule has 0 fully saturated rings. The van der Waals surface area contributed by atoms with Crippen LogP contribution in [0.15, 0.2) is 54.6 Å². The summed E-state index contributed by atoms with van der Waals surface area (Å²) in [7, 11) is 0. The Hall–Kier alpha value is -2.66. The quantitative estimate of drug-likeness (QED) is 0.352. The largest absolute Gasteiger partial charge is 0.480 e. The molecule has 0 bridgehead atoms. The summed E-state index contributed by atoms with van der Waals surface area (Å²) in [5, 5.41) is 24.1. The van der Waals surface area contributed by atoms with Gasteiger partial charge in [-0.2, -0.15) is 0 Å². The van der Waals surface area contributed by atoms with Crippen molar-refractivity contribution in [3.8, 4) is 0 Å². The van der Waals surface area contributed by atoms with Crippen molar-refractivity contribution in [1.29, 1.82) is 0 Å². The van der Waals surface area contributed by atoms with Crippen LogP contribution < -0.4 is 10.6 Å². The normalized spacial score (nSPS) is 12.5. The fourth-order valence-corrected chi connectivity index (χ4v) is 3.21. The van der Waals surface area contributed by atoms with E-state index in [9.17, 15) is 24.6 Å². The van der Waals surface area contributed by atoms with Gasteiger partial charge in [-0.25, -0.2) is 9.59 Å². The SMILES string of the molecule is O=C(C[C@@H](O)CNC(=O)OCc1ccccc1)N[C@@H](Cc1ccccc1I)C(=O)O. The fraction of sp³-hybridized carbons (Fsp3) is 0.286. The molecule has 0 unspecified atom stereocenters. The lowest BCUT2D eigenvalue weighted by Gasteiger charge is -2.17. The molecular formula is C21H23IN2O6. The molecule has 0 heterocycles. The van der Waals surface area contributed by atoms with Crippen LogP contribution in [0.4, 0.5) is 4.79 Å². The second-order valence-electron chi connectivity index (χ2n) is 6.55. The summed E-state index contributed by atoms with van der Waals surface area (Å²) in [5.41, 5.74) is 1.62. The van der Waals surface area contributed by atoms with Crippen molar-refractivity contribution in [3.63, 3.8) is 0 Å². The van der Waals surface area contributed by atoms with Crippen molar-refractivity contribution in [3.05, 3.63) is 69.3 Å². The van der Waals surface area contributed by atoms with Gasteiger partial charge in [0, 0.05) is 16.5 Å². The number of benzene rings is 2. The first-order valence-corrected chi connectivity index (χ1v) is 10.3.